The molecule has 4 nitrogen and oxygen atoms in total. The molecule has 0 bridgehead atoms. The zero-order valence-electron chi connectivity index (χ0n) is 13.6. The average molecular weight is 382 g/mol. The summed E-state index contributed by atoms with van der Waals surface area (Å²) >= 11 is 7.20. The molecular formula is C18H17ClFNO3S. The van der Waals surface area contributed by atoms with Gasteiger partial charge in [-0.1, -0.05) is 23.7 Å². The highest BCUT2D eigenvalue weighted by Crippen LogP contribution is 2.24. The number of anilines is 1. The first-order valence-electron chi connectivity index (χ1n) is 7.59. The van der Waals surface area contributed by atoms with Crippen molar-refractivity contribution in [2.24, 2.45) is 0 Å². The van der Waals surface area contributed by atoms with Crippen LogP contribution < -0.4 is 5.32 Å². The standard InChI is InChI=1S/C18H17ClFNO3S/c1-2-24-18(23)12-5-3-6-13(9-12)21-17(22)11-25-10-14-15(19)7-4-8-16(14)20/h3-9H,2,10-11H2,1H3,(H,21,22). The summed E-state index contributed by atoms with van der Waals surface area (Å²) in [6.07, 6.45) is 0. The van der Waals surface area contributed by atoms with Gasteiger partial charge in [-0.3, -0.25) is 4.79 Å². The summed E-state index contributed by atoms with van der Waals surface area (Å²) < 4.78 is 18.6. The van der Waals surface area contributed by atoms with Gasteiger partial charge in [-0.25, -0.2) is 9.18 Å². The molecule has 132 valence electrons. The number of benzene rings is 2. The number of rotatable bonds is 7. The minimum Gasteiger partial charge on any atom is -0.462 e. The van der Waals surface area contributed by atoms with Crippen LogP contribution in [0.5, 0.6) is 0 Å². The average Bonchev–Trinajstić information content (AvgIpc) is 2.58. The lowest BCUT2D eigenvalue weighted by molar-refractivity contribution is -0.113. The van der Waals surface area contributed by atoms with Gasteiger partial charge in [0, 0.05) is 22.0 Å². The van der Waals surface area contributed by atoms with Gasteiger partial charge in [-0.05, 0) is 37.3 Å². The Morgan fingerprint density at radius 1 is 1.24 bits per heavy atom. The van der Waals surface area contributed by atoms with Crippen LogP contribution in [0, 0.1) is 5.82 Å². The van der Waals surface area contributed by atoms with E-state index in [4.69, 9.17) is 16.3 Å². The predicted octanol–water partition coefficient (Wildman–Crippen LogP) is 4.53. The zero-order chi connectivity index (χ0) is 18.2. The van der Waals surface area contributed by atoms with E-state index in [0.717, 1.165) is 0 Å². The second-order valence-corrected chi connectivity index (χ2v) is 6.44. The van der Waals surface area contributed by atoms with E-state index in [1.807, 2.05) is 0 Å². The number of thioether (sulfide) groups is 1. The van der Waals surface area contributed by atoms with Crippen LogP contribution in [0.2, 0.25) is 5.02 Å². The fourth-order valence-corrected chi connectivity index (χ4v) is 3.22. The van der Waals surface area contributed by atoms with Gasteiger partial charge < -0.3 is 10.1 Å². The molecule has 0 unspecified atom stereocenters. The number of hydrogen-bond donors (Lipinski definition) is 1. The van der Waals surface area contributed by atoms with Gasteiger partial charge in [0.15, 0.2) is 0 Å². The molecule has 0 saturated carbocycles. The van der Waals surface area contributed by atoms with E-state index >= 15 is 0 Å². The first-order chi connectivity index (χ1) is 12.0. The normalized spacial score (nSPS) is 10.4. The van der Waals surface area contributed by atoms with Crippen molar-refractivity contribution in [1.82, 2.24) is 0 Å². The topological polar surface area (TPSA) is 55.4 Å². The summed E-state index contributed by atoms with van der Waals surface area (Å²) in [6, 6.07) is 11.0. The molecule has 25 heavy (non-hydrogen) atoms. The highest BCUT2D eigenvalue weighted by molar-refractivity contribution is 7.99. The molecular weight excluding hydrogens is 365 g/mol. The lowest BCUT2D eigenvalue weighted by Gasteiger charge is -2.08. The minimum absolute atomic E-state index is 0.133. The van der Waals surface area contributed by atoms with Crippen molar-refractivity contribution in [2.75, 3.05) is 17.7 Å². The van der Waals surface area contributed by atoms with Crippen molar-refractivity contribution in [1.29, 1.82) is 0 Å². The Morgan fingerprint density at radius 3 is 2.72 bits per heavy atom. The van der Waals surface area contributed by atoms with Gasteiger partial charge in [-0.2, -0.15) is 0 Å². The van der Waals surface area contributed by atoms with Gasteiger partial charge in [0.2, 0.25) is 5.91 Å². The van der Waals surface area contributed by atoms with Crippen LogP contribution in [0.4, 0.5) is 10.1 Å². The maximum absolute atomic E-state index is 13.7. The van der Waals surface area contributed by atoms with E-state index < -0.39 is 5.97 Å². The molecule has 0 aliphatic carbocycles. The number of nitrogens with one attached hydrogen (secondary N) is 1. The van der Waals surface area contributed by atoms with Crippen molar-refractivity contribution in [3.05, 3.63) is 64.4 Å². The minimum atomic E-state index is -0.442. The predicted molar refractivity (Wildman–Crippen MR) is 98.6 cm³/mol. The monoisotopic (exact) mass is 381 g/mol. The summed E-state index contributed by atoms with van der Waals surface area (Å²) in [7, 11) is 0. The summed E-state index contributed by atoms with van der Waals surface area (Å²) in [5.41, 5.74) is 1.25. The fourth-order valence-electron chi connectivity index (χ4n) is 2.05. The lowest BCUT2D eigenvalue weighted by atomic mass is 10.2. The second-order valence-electron chi connectivity index (χ2n) is 5.04. The number of esters is 1. The third-order valence-electron chi connectivity index (χ3n) is 3.20. The van der Waals surface area contributed by atoms with Gasteiger partial charge >= 0.3 is 5.97 Å². The Morgan fingerprint density at radius 2 is 2.00 bits per heavy atom. The van der Waals surface area contributed by atoms with Crippen LogP contribution in [-0.2, 0) is 15.3 Å². The number of halogens is 2. The Labute approximate surface area is 154 Å². The summed E-state index contributed by atoms with van der Waals surface area (Å²) in [4.78, 5) is 23.7. The van der Waals surface area contributed by atoms with E-state index in [-0.39, 0.29) is 24.1 Å². The molecule has 1 amide bonds. The third kappa shape index (κ3) is 5.76. The molecule has 0 atom stereocenters. The number of carbonyl (C=O) groups is 2. The molecule has 2 rings (SSSR count). The number of hydrogen-bond acceptors (Lipinski definition) is 4. The number of ether oxygens (including phenoxy) is 1. The zero-order valence-corrected chi connectivity index (χ0v) is 15.1. The van der Waals surface area contributed by atoms with Gasteiger partial charge in [0.1, 0.15) is 5.82 Å². The number of carbonyl (C=O) groups excluding carboxylic acids is 2. The maximum Gasteiger partial charge on any atom is 0.338 e. The van der Waals surface area contributed by atoms with Gasteiger partial charge in [0.25, 0.3) is 0 Å². The Balaban J connectivity index is 1.88. The summed E-state index contributed by atoms with van der Waals surface area (Å²) in [5.74, 6) is -0.654. The molecule has 2 aromatic carbocycles. The molecule has 0 saturated heterocycles. The Bertz CT molecular complexity index is 749. The molecule has 0 heterocycles. The quantitative estimate of drug-likeness (QED) is 0.716. The lowest BCUT2D eigenvalue weighted by Crippen LogP contribution is -2.15. The summed E-state index contributed by atoms with van der Waals surface area (Å²) in [6.45, 7) is 2.01. The van der Waals surface area contributed by atoms with Crippen molar-refractivity contribution >= 4 is 40.9 Å². The van der Waals surface area contributed by atoms with E-state index in [1.165, 1.54) is 23.9 Å². The van der Waals surface area contributed by atoms with Crippen molar-refractivity contribution in [3.8, 4) is 0 Å². The van der Waals surface area contributed by atoms with Crippen LogP contribution in [-0.4, -0.2) is 24.2 Å². The molecule has 2 aromatic rings. The summed E-state index contributed by atoms with van der Waals surface area (Å²) in [5, 5.41) is 3.04. The number of amides is 1. The van der Waals surface area contributed by atoms with Crippen molar-refractivity contribution in [3.63, 3.8) is 0 Å². The van der Waals surface area contributed by atoms with Gasteiger partial charge in [-0.15, -0.1) is 11.8 Å². The van der Waals surface area contributed by atoms with E-state index in [1.54, 1.807) is 37.3 Å². The molecule has 1 N–H and O–H groups in total. The molecule has 0 spiro atoms. The molecule has 7 heteroatoms. The van der Waals surface area contributed by atoms with Crippen molar-refractivity contribution < 1.29 is 18.7 Å². The molecule has 0 aliphatic heterocycles. The largest absolute Gasteiger partial charge is 0.462 e. The molecule has 0 fully saturated rings. The first-order valence-corrected chi connectivity index (χ1v) is 9.12. The smallest absolute Gasteiger partial charge is 0.338 e. The second kappa shape index (κ2) is 9.44. The van der Waals surface area contributed by atoms with Crippen LogP contribution >= 0.6 is 23.4 Å². The van der Waals surface area contributed by atoms with E-state index in [9.17, 15) is 14.0 Å². The van der Waals surface area contributed by atoms with Crippen LogP contribution in [0.15, 0.2) is 42.5 Å². The molecule has 0 aliphatic rings. The Kier molecular flexibility index (Phi) is 7.28. The van der Waals surface area contributed by atoms with Crippen LogP contribution in [0.25, 0.3) is 0 Å². The van der Waals surface area contributed by atoms with Crippen molar-refractivity contribution in [2.45, 2.75) is 12.7 Å². The van der Waals surface area contributed by atoms with Crippen LogP contribution in [0.3, 0.4) is 0 Å². The third-order valence-corrected chi connectivity index (χ3v) is 4.51. The highest BCUT2D eigenvalue weighted by atomic mass is 35.5. The Hall–Kier alpha value is -2.05. The molecule has 0 radical (unpaired) electrons. The van der Waals surface area contributed by atoms with Crippen LogP contribution in [0.1, 0.15) is 22.8 Å². The highest BCUT2D eigenvalue weighted by Gasteiger charge is 2.10. The molecule has 0 aromatic heterocycles. The van der Waals surface area contributed by atoms with E-state index in [2.05, 4.69) is 5.32 Å². The van der Waals surface area contributed by atoms with E-state index in [0.29, 0.717) is 27.6 Å². The van der Waals surface area contributed by atoms with Gasteiger partial charge in [0.05, 0.1) is 17.9 Å². The first kappa shape index (κ1) is 19.3. The SMILES string of the molecule is CCOC(=O)c1cccc(NC(=O)CSCc2c(F)cccc2Cl)c1. The fraction of sp³-hybridized carbons (Fsp3) is 0.222. The maximum atomic E-state index is 13.7.